The molecule has 0 radical (unpaired) electrons. The van der Waals surface area contributed by atoms with Gasteiger partial charge in [0.2, 0.25) is 0 Å². The van der Waals surface area contributed by atoms with Crippen molar-refractivity contribution < 1.29 is 9.84 Å². The van der Waals surface area contributed by atoms with Crippen molar-refractivity contribution in [2.45, 2.75) is 89.7 Å². The molecule has 1 unspecified atom stereocenters. The normalized spacial score (nSPS) is 30.5. The number of hydrogen-bond acceptors (Lipinski definition) is 2. The summed E-state index contributed by atoms with van der Waals surface area (Å²) in [4.78, 5) is 0. The Morgan fingerprint density at radius 2 is 1.72 bits per heavy atom. The molecule has 2 aromatic carbocycles. The summed E-state index contributed by atoms with van der Waals surface area (Å²) in [5.41, 5.74) is 4.73. The van der Waals surface area contributed by atoms with Crippen molar-refractivity contribution in [3.05, 3.63) is 71.3 Å². The van der Waals surface area contributed by atoms with E-state index in [0.29, 0.717) is 18.3 Å². The minimum Gasteiger partial charge on any atom is -0.393 e. The fourth-order valence-electron chi connectivity index (χ4n) is 7.18. The van der Waals surface area contributed by atoms with Crippen molar-refractivity contribution in [3.8, 4) is 0 Å². The van der Waals surface area contributed by atoms with E-state index in [0.717, 1.165) is 6.42 Å². The van der Waals surface area contributed by atoms with Crippen molar-refractivity contribution >= 4 is 9.24 Å². The SMILES string of the molecule is C[C@@H](O)C[C@](C)(P)O[C@@H](c1ccccc1)[C@H]1CC[C@]2(C)c3ccccc3CC[C@H]2C1(C)C. The Kier molecular flexibility index (Phi) is 6.63. The first kappa shape index (κ1) is 23.9. The average molecular weight is 453 g/mol. The smallest absolute Gasteiger partial charge is 0.0870 e. The Labute approximate surface area is 197 Å². The summed E-state index contributed by atoms with van der Waals surface area (Å²) >= 11 is 0. The predicted molar refractivity (Wildman–Crippen MR) is 137 cm³/mol. The molecule has 0 heterocycles. The summed E-state index contributed by atoms with van der Waals surface area (Å²) in [6.45, 7) is 11.4. The third-order valence-corrected chi connectivity index (χ3v) is 8.89. The van der Waals surface area contributed by atoms with Gasteiger partial charge in [-0.2, -0.15) is 0 Å². The molecule has 1 saturated carbocycles. The van der Waals surface area contributed by atoms with Crippen LogP contribution in [0.5, 0.6) is 0 Å². The van der Waals surface area contributed by atoms with Gasteiger partial charge < -0.3 is 9.84 Å². The van der Waals surface area contributed by atoms with Crippen molar-refractivity contribution in [1.29, 1.82) is 0 Å². The van der Waals surface area contributed by atoms with Crippen LogP contribution in [0.4, 0.5) is 0 Å². The number of rotatable bonds is 6. The Hall–Kier alpha value is -1.21. The zero-order valence-electron chi connectivity index (χ0n) is 20.5. The molecule has 32 heavy (non-hydrogen) atoms. The minimum atomic E-state index is -0.468. The lowest BCUT2D eigenvalue weighted by molar-refractivity contribution is -0.134. The second-order valence-corrected chi connectivity index (χ2v) is 12.7. The fourth-order valence-corrected chi connectivity index (χ4v) is 7.67. The summed E-state index contributed by atoms with van der Waals surface area (Å²) in [6.07, 6.45) is 4.96. The van der Waals surface area contributed by atoms with Crippen LogP contribution in [-0.4, -0.2) is 16.6 Å². The van der Waals surface area contributed by atoms with E-state index in [9.17, 15) is 5.11 Å². The van der Waals surface area contributed by atoms with E-state index in [2.05, 4.69) is 91.5 Å². The molecule has 0 saturated heterocycles. The van der Waals surface area contributed by atoms with Crippen LogP contribution in [0.1, 0.15) is 83.1 Å². The largest absolute Gasteiger partial charge is 0.393 e. The van der Waals surface area contributed by atoms with E-state index >= 15 is 0 Å². The summed E-state index contributed by atoms with van der Waals surface area (Å²) in [6, 6.07) is 19.9. The molecule has 1 fully saturated rings. The highest BCUT2D eigenvalue weighted by atomic mass is 31.0. The Morgan fingerprint density at radius 1 is 1.06 bits per heavy atom. The molecule has 3 heteroatoms. The molecule has 2 aromatic rings. The van der Waals surface area contributed by atoms with Gasteiger partial charge in [0.05, 0.1) is 17.6 Å². The number of ether oxygens (including phenoxy) is 1. The summed E-state index contributed by atoms with van der Waals surface area (Å²) in [7, 11) is 2.87. The molecule has 0 aliphatic heterocycles. The number of fused-ring (bicyclic) bond motifs is 3. The van der Waals surface area contributed by atoms with E-state index in [4.69, 9.17) is 4.74 Å². The van der Waals surface area contributed by atoms with Crippen LogP contribution < -0.4 is 0 Å². The Balaban J connectivity index is 1.71. The first-order valence-electron chi connectivity index (χ1n) is 12.3. The lowest BCUT2D eigenvalue weighted by Gasteiger charge is -2.59. The number of benzene rings is 2. The van der Waals surface area contributed by atoms with Gasteiger partial charge in [0, 0.05) is 6.42 Å². The van der Waals surface area contributed by atoms with Crippen molar-refractivity contribution in [2.75, 3.05) is 0 Å². The zero-order valence-corrected chi connectivity index (χ0v) is 21.6. The van der Waals surface area contributed by atoms with Gasteiger partial charge in [-0.05, 0) is 78.9 Å². The second kappa shape index (κ2) is 8.86. The fraction of sp³-hybridized carbons (Fsp3) is 0.586. The molecule has 0 amide bonds. The molecule has 174 valence electrons. The average Bonchev–Trinajstić information content (AvgIpc) is 2.72. The molecule has 0 aromatic heterocycles. The van der Waals surface area contributed by atoms with Crippen LogP contribution >= 0.6 is 9.24 Å². The molecule has 1 N–H and O–H groups in total. The van der Waals surface area contributed by atoms with Gasteiger partial charge in [-0.25, -0.2) is 0 Å². The van der Waals surface area contributed by atoms with Gasteiger partial charge in [-0.3, -0.25) is 0 Å². The maximum atomic E-state index is 10.1. The molecular weight excluding hydrogens is 411 g/mol. The number of hydrogen-bond donors (Lipinski definition) is 1. The Bertz CT molecular complexity index is 920. The third kappa shape index (κ3) is 4.44. The van der Waals surface area contributed by atoms with Crippen LogP contribution in [0.3, 0.4) is 0 Å². The summed E-state index contributed by atoms with van der Waals surface area (Å²) in [5, 5.41) is 9.60. The van der Waals surface area contributed by atoms with Gasteiger partial charge in [0.15, 0.2) is 0 Å². The van der Waals surface area contributed by atoms with E-state index in [1.807, 2.05) is 6.92 Å². The molecule has 7 atom stereocenters. The van der Waals surface area contributed by atoms with Crippen molar-refractivity contribution in [2.24, 2.45) is 17.3 Å². The van der Waals surface area contributed by atoms with Crippen molar-refractivity contribution in [3.63, 3.8) is 0 Å². The monoisotopic (exact) mass is 452 g/mol. The second-order valence-electron chi connectivity index (χ2n) is 11.4. The Morgan fingerprint density at radius 3 is 2.41 bits per heavy atom. The van der Waals surface area contributed by atoms with Crippen molar-refractivity contribution in [1.82, 2.24) is 0 Å². The van der Waals surface area contributed by atoms with E-state index in [1.165, 1.54) is 24.8 Å². The molecule has 0 bridgehead atoms. The zero-order chi connectivity index (χ0) is 23.1. The van der Waals surface area contributed by atoms with Gasteiger partial charge >= 0.3 is 0 Å². The van der Waals surface area contributed by atoms with Gasteiger partial charge in [0.25, 0.3) is 0 Å². The van der Waals surface area contributed by atoms with Crippen LogP contribution in [-0.2, 0) is 16.6 Å². The van der Waals surface area contributed by atoms with Gasteiger partial charge in [0.1, 0.15) is 0 Å². The predicted octanol–water partition coefficient (Wildman–Crippen LogP) is 7.06. The quantitative estimate of drug-likeness (QED) is 0.475. The highest BCUT2D eigenvalue weighted by Crippen LogP contribution is 2.62. The lowest BCUT2D eigenvalue weighted by atomic mass is 9.46. The van der Waals surface area contributed by atoms with E-state index in [-0.39, 0.29) is 16.9 Å². The van der Waals surface area contributed by atoms with E-state index < -0.39 is 11.4 Å². The molecule has 2 aliphatic carbocycles. The number of aryl methyl sites for hydroxylation is 1. The first-order valence-corrected chi connectivity index (χ1v) is 12.9. The topological polar surface area (TPSA) is 29.5 Å². The number of aliphatic hydroxyl groups is 1. The standard InChI is InChI=1S/C29H41O2P/c1-20(30)19-29(5,32)31-26(22-12-7-6-8-13-22)24-17-18-28(4)23-14-10-9-11-21(23)15-16-25(28)27(24,2)3/h6-14,20,24-26,30H,15-19,32H2,1-5H3/t20-,24-,25+,26+,28-,29+/m1/s1. The molecular formula is C29H41O2P. The summed E-state index contributed by atoms with van der Waals surface area (Å²) < 4.78 is 6.90. The highest BCUT2D eigenvalue weighted by Gasteiger charge is 2.55. The highest BCUT2D eigenvalue weighted by molar-refractivity contribution is 7.18. The molecule has 0 spiro atoms. The summed E-state index contributed by atoms with van der Waals surface area (Å²) in [5.74, 6) is 1.04. The van der Waals surface area contributed by atoms with Crippen LogP contribution in [0.2, 0.25) is 0 Å². The number of aliphatic hydroxyl groups excluding tert-OH is 1. The molecule has 4 rings (SSSR count). The maximum Gasteiger partial charge on any atom is 0.0870 e. The van der Waals surface area contributed by atoms with Crippen LogP contribution in [0, 0.1) is 17.3 Å². The van der Waals surface area contributed by atoms with Crippen LogP contribution in [0.15, 0.2) is 54.6 Å². The lowest BCUT2D eigenvalue weighted by Crippen LogP contribution is -2.53. The molecule has 2 aliphatic rings. The van der Waals surface area contributed by atoms with Gasteiger partial charge in [-0.15, -0.1) is 9.24 Å². The minimum absolute atomic E-state index is 0.00849. The molecule has 2 nitrogen and oxygen atoms in total. The maximum absolute atomic E-state index is 10.1. The van der Waals surface area contributed by atoms with E-state index in [1.54, 1.807) is 11.1 Å². The van der Waals surface area contributed by atoms with Crippen LogP contribution in [0.25, 0.3) is 0 Å². The third-order valence-electron chi connectivity index (χ3n) is 8.52. The van der Waals surface area contributed by atoms with Gasteiger partial charge in [-0.1, -0.05) is 75.4 Å². The first-order chi connectivity index (χ1) is 15.0.